The van der Waals surface area contributed by atoms with E-state index in [2.05, 4.69) is 25.6 Å². The number of nitrogens with zero attached hydrogens (tertiary/aromatic N) is 3. The number of rotatable bonds is 10. The summed E-state index contributed by atoms with van der Waals surface area (Å²) in [5.41, 5.74) is 3.23. The number of aryl methyl sites for hydroxylation is 2. The van der Waals surface area contributed by atoms with E-state index in [0.717, 1.165) is 45.6 Å². The quantitative estimate of drug-likeness (QED) is 0.415. The molecule has 0 bridgehead atoms. The number of fused-ring (bicyclic) bond motifs is 1. The molecule has 4 rings (SSSR count). The largest absolute Gasteiger partial charge is 0.384 e. The van der Waals surface area contributed by atoms with E-state index in [1.807, 2.05) is 19.1 Å². The van der Waals surface area contributed by atoms with Gasteiger partial charge in [-0.1, -0.05) is 0 Å². The van der Waals surface area contributed by atoms with Gasteiger partial charge >= 0.3 is 0 Å². The molecule has 0 saturated heterocycles. The molecule has 0 aliphatic heterocycles. The Labute approximate surface area is 207 Å². The minimum Gasteiger partial charge on any atom is -0.384 e. The fourth-order valence-corrected chi connectivity index (χ4v) is 6.52. The third-order valence-corrected chi connectivity index (χ3v) is 8.73. The van der Waals surface area contributed by atoms with Gasteiger partial charge in [0.05, 0.1) is 29.1 Å². The second-order valence-corrected chi connectivity index (χ2v) is 11.8. The molecule has 2 heterocycles. The van der Waals surface area contributed by atoms with Crippen molar-refractivity contribution in [3.8, 4) is 11.1 Å². The fraction of sp³-hybridized carbons (Fsp3) is 0.435. The first-order valence-corrected chi connectivity index (χ1v) is 13.7. The minimum absolute atomic E-state index is 0.0597. The predicted molar refractivity (Wildman–Crippen MR) is 133 cm³/mol. The molecule has 12 heteroatoms. The molecule has 1 unspecified atom stereocenters. The smallest absolute Gasteiger partial charge is 0.245 e. The molecule has 0 spiro atoms. The Morgan fingerprint density at radius 2 is 1.91 bits per heavy atom. The zero-order valence-corrected chi connectivity index (χ0v) is 21.3. The third kappa shape index (κ3) is 6.00. The molecular formula is C23H27N5O5S2. The van der Waals surface area contributed by atoms with Crippen molar-refractivity contribution in [3.63, 3.8) is 0 Å². The number of sulfone groups is 1. The zero-order chi connectivity index (χ0) is 25.2. The van der Waals surface area contributed by atoms with Crippen molar-refractivity contribution in [1.82, 2.24) is 25.6 Å². The van der Waals surface area contributed by atoms with Crippen LogP contribution in [-0.4, -0.2) is 67.2 Å². The van der Waals surface area contributed by atoms with Crippen LogP contribution < -0.4 is 10.6 Å². The van der Waals surface area contributed by atoms with Gasteiger partial charge in [0.2, 0.25) is 11.8 Å². The topological polar surface area (TPSA) is 140 Å². The Balaban J connectivity index is 1.66. The summed E-state index contributed by atoms with van der Waals surface area (Å²) in [5.74, 6) is -0.821. The average molecular weight is 518 g/mol. The van der Waals surface area contributed by atoms with Gasteiger partial charge < -0.3 is 15.4 Å². The highest BCUT2D eigenvalue weighted by Crippen LogP contribution is 2.35. The molecule has 10 nitrogen and oxygen atoms in total. The van der Waals surface area contributed by atoms with Gasteiger partial charge in [0, 0.05) is 31.1 Å². The van der Waals surface area contributed by atoms with Crippen molar-refractivity contribution in [3.05, 3.63) is 40.9 Å². The summed E-state index contributed by atoms with van der Waals surface area (Å²) in [6, 6.07) is 3.89. The summed E-state index contributed by atoms with van der Waals surface area (Å²) in [5, 5.41) is 3.84. The molecule has 3 aromatic rings. The van der Waals surface area contributed by atoms with E-state index in [4.69, 9.17) is 4.74 Å². The highest BCUT2D eigenvalue weighted by atomic mass is 32.2. The van der Waals surface area contributed by atoms with Gasteiger partial charge in [-0.3, -0.25) is 9.59 Å². The van der Waals surface area contributed by atoms with Crippen LogP contribution in [0.3, 0.4) is 0 Å². The molecular weight excluding hydrogens is 490 g/mol. The molecule has 2 aromatic heterocycles. The van der Waals surface area contributed by atoms with E-state index in [9.17, 15) is 18.0 Å². The summed E-state index contributed by atoms with van der Waals surface area (Å²) >= 11 is 1.14. The lowest BCUT2D eigenvalue weighted by atomic mass is 10.0. The Morgan fingerprint density at radius 3 is 2.57 bits per heavy atom. The maximum Gasteiger partial charge on any atom is 0.245 e. The van der Waals surface area contributed by atoms with Crippen LogP contribution in [0.5, 0.6) is 0 Å². The van der Waals surface area contributed by atoms with Crippen LogP contribution in [0.1, 0.15) is 34.5 Å². The molecule has 186 valence electrons. The standard InChI is InChI=1S/C23H27N5O5S2/c1-13-8-18-19(9-17(13)15-10-24-14(2)25-11-15)34-23(28-18)21(35(31,32)7-6-33-3)22(30)26-12-20(29)27-16-4-5-16/h8-11,16,21H,4-7,12H2,1-3H3,(H,26,30)(H,27,29). The normalized spacial score (nSPS) is 14.6. The van der Waals surface area contributed by atoms with Gasteiger partial charge in [-0.2, -0.15) is 0 Å². The second kappa shape index (κ2) is 10.3. The number of hydrogen-bond donors (Lipinski definition) is 2. The Kier molecular flexibility index (Phi) is 7.43. The van der Waals surface area contributed by atoms with Gasteiger partial charge in [0.25, 0.3) is 0 Å². The monoisotopic (exact) mass is 517 g/mol. The predicted octanol–water partition coefficient (Wildman–Crippen LogP) is 1.87. The number of benzene rings is 1. The molecule has 2 N–H and O–H groups in total. The molecule has 2 amide bonds. The number of nitrogens with one attached hydrogen (secondary N) is 2. The number of ether oxygens (including phenoxy) is 1. The first-order valence-electron chi connectivity index (χ1n) is 11.2. The summed E-state index contributed by atoms with van der Waals surface area (Å²) in [6.45, 7) is 3.37. The lowest BCUT2D eigenvalue weighted by Gasteiger charge is -2.15. The van der Waals surface area contributed by atoms with E-state index in [1.165, 1.54) is 7.11 Å². The lowest BCUT2D eigenvalue weighted by Crippen LogP contribution is -2.41. The number of carbonyl (C=O) groups excluding carboxylic acids is 2. The van der Waals surface area contributed by atoms with Crippen LogP contribution in [0.15, 0.2) is 24.5 Å². The molecule has 1 fully saturated rings. The average Bonchev–Trinajstić information content (AvgIpc) is 3.53. The Hall–Kier alpha value is -2.96. The lowest BCUT2D eigenvalue weighted by molar-refractivity contribution is -0.126. The number of hydrogen-bond acceptors (Lipinski definition) is 9. The first kappa shape index (κ1) is 25.1. The number of carbonyl (C=O) groups is 2. The Morgan fingerprint density at radius 1 is 1.20 bits per heavy atom. The van der Waals surface area contributed by atoms with E-state index in [-0.39, 0.29) is 35.9 Å². The summed E-state index contributed by atoms with van der Waals surface area (Å²) in [4.78, 5) is 38.1. The highest BCUT2D eigenvalue weighted by Gasteiger charge is 2.37. The summed E-state index contributed by atoms with van der Waals surface area (Å²) < 4.78 is 31.9. The molecule has 1 aromatic carbocycles. The minimum atomic E-state index is -3.96. The number of amides is 2. The van der Waals surface area contributed by atoms with Crippen molar-refractivity contribution in [1.29, 1.82) is 0 Å². The molecule has 1 saturated carbocycles. The van der Waals surface area contributed by atoms with Gasteiger partial charge in [-0.05, 0) is 49.9 Å². The highest BCUT2D eigenvalue weighted by molar-refractivity contribution is 7.92. The van der Waals surface area contributed by atoms with Gasteiger partial charge in [-0.15, -0.1) is 11.3 Å². The fourth-order valence-electron chi connectivity index (χ4n) is 3.56. The number of aromatic nitrogens is 3. The summed E-state index contributed by atoms with van der Waals surface area (Å²) in [7, 11) is -2.57. The Bertz CT molecular complexity index is 1350. The van der Waals surface area contributed by atoms with Crippen molar-refractivity contribution in [2.45, 2.75) is 38.0 Å². The van der Waals surface area contributed by atoms with Crippen LogP contribution in [0.25, 0.3) is 21.3 Å². The van der Waals surface area contributed by atoms with Gasteiger partial charge in [-0.25, -0.2) is 23.4 Å². The third-order valence-electron chi connectivity index (χ3n) is 5.60. The van der Waals surface area contributed by atoms with Crippen molar-refractivity contribution < 1.29 is 22.7 Å². The van der Waals surface area contributed by atoms with E-state index < -0.39 is 21.0 Å². The zero-order valence-electron chi connectivity index (χ0n) is 19.7. The van der Waals surface area contributed by atoms with E-state index in [0.29, 0.717) is 11.3 Å². The van der Waals surface area contributed by atoms with Crippen molar-refractivity contribution in [2.75, 3.05) is 26.0 Å². The molecule has 1 aliphatic carbocycles. The van der Waals surface area contributed by atoms with Crippen LogP contribution in [0, 0.1) is 13.8 Å². The van der Waals surface area contributed by atoms with Crippen LogP contribution in [0.4, 0.5) is 0 Å². The second-order valence-electron chi connectivity index (χ2n) is 8.51. The van der Waals surface area contributed by atoms with Crippen molar-refractivity contribution in [2.24, 2.45) is 0 Å². The first-order chi connectivity index (χ1) is 16.7. The molecule has 1 atom stereocenters. The number of thiazole rings is 1. The SMILES string of the molecule is COCCS(=O)(=O)C(C(=O)NCC(=O)NC1CC1)c1nc2cc(C)c(-c3cnc(C)nc3)cc2s1. The van der Waals surface area contributed by atoms with Crippen molar-refractivity contribution >= 4 is 43.2 Å². The van der Waals surface area contributed by atoms with Crippen LogP contribution in [0.2, 0.25) is 0 Å². The van der Waals surface area contributed by atoms with Gasteiger partial charge in [0.1, 0.15) is 10.8 Å². The van der Waals surface area contributed by atoms with Gasteiger partial charge in [0.15, 0.2) is 15.1 Å². The van der Waals surface area contributed by atoms with E-state index >= 15 is 0 Å². The molecule has 1 aliphatic rings. The maximum absolute atomic E-state index is 13.1. The maximum atomic E-state index is 13.1. The van der Waals surface area contributed by atoms with E-state index in [1.54, 1.807) is 19.3 Å². The molecule has 35 heavy (non-hydrogen) atoms. The molecule has 0 radical (unpaired) electrons. The van der Waals surface area contributed by atoms with Crippen LogP contribution >= 0.6 is 11.3 Å². The summed E-state index contributed by atoms with van der Waals surface area (Å²) in [6.07, 6.45) is 5.29. The number of methoxy groups -OCH3 is 1. The van der Waals surface area contributed by atoms with Crippen LogP contribution in [-0.2, 0) is 24.2 Å².